The summed E-state index contributed by atoms with van der Waals surface area (Å²) in [6, 6.07) is 6.84. The van der Waals surface area contributed by atoms with E-state index in [1.165, 1.54) is 7.11 Å². The van der Waals surface area contributed by atoms with Crippen molar-refractivity contribution in [1.82, 2.24) is 9.88 Å². The molecule has 10 heteroatoms. The number of piperidine rings is 1. The number of rotatable bonds is 8. The Morgan fingerprint density at radius 3 is 2.51 bits per heavy atom. The molecule has 1 aliphatic heterocycles. The van der Waals surface area contributed by atoms with E-state index < -0.39 is 35.0 Å². The number of carbonyl (C=O) groups is 1. The number of methoxy groups -OCH3 is 1. The molecule has 0 radical (unpaired) electrons. The van der Waals surface area contributed by atoms with Crippen LogP contribution in [-0.4, -0.2) is 47.7 Å². The second-order valence-electron chi connectivity index (χ2n) is 9.71. The lowest BCUT2D eigenvalue weighted by Crippen LogP contribution is -2.44. The standard InChI is InChI=1S/C29H29F4N3O3/c1-39-20-4-5-25-21(15-20)26(19(16-34)17-35-25)22(30)6-7-29(28(37)38)8-11-36(12-9-29)10-2-3-18-13-23(31)27(33)24(32)14-18/h4-5,13-15,17,22H,6-12,16,34H2,1H3,(H,37,38)/t22-/m0/s1. The van der Waals surface area contributed by atoms with E-state index >= 15 is 4.39 Å². The van der Waals surface area contributed by atoms with Gasteiger partial charge in [-0.2, -0.15) is 0 Å². The molecule has 3 N–H and O–H groups in total. The molecule has 0 unspecified atom stereocenters. The summed E-state index contributed by atoms with van der Waals surface area (Å²) in [5.74, 6) is 0.812. The maximum Gasteiger partial charge on any atom is 0.309 e. The van der Waals surface area contributed by atoms with Gasteiger partial charge in [-0.05, 0) is 61.6 Å². The van der Waals surface area contributed by atoms with Crippen molar-refractivity contribution in [3.8, 4) is 17.6 Å². The minimum atomic E-state index is -1.55. The maximum atomic E-state index is 15.8. The third kappa shape index (κ3) is 6.15. The van der Waals surface area contributed by atoms with E-state index in [4.69, 9.17) is 10.5 Å². The molecule has 1 fully saturated rings. The normalized spacial score (nSPS) is 15.9. The second-order valence-corrected chi connectivity index (χ2v) is 9.71. The Hall–Kier alpha value is -3.68. The highest BCUT2D eigenvalue weighted by atomic mass is 19.2. The third-order valence-corrected chi connectivity index (χ3v) is 7.39. The molecular formula is C29H29F4N3O3. The molecule has 3 aromatic rings. The van der Waals surface area contributed by atoms with Crippen LogP contribution in [0, 0.1) is 34.7 Å². The lowest BCUT2D eigenvalue weighted by Gasteiger charge is -2.38. The van der Waals surface area contributed by atoms with Gasteiger partial charge in [0.25, 0.3) is 0 Å². The smallest absolute Gasteiger partial charge is 0.309 e. The van der Waals surface area contributed by atoms with Gasteiger partial charge in [-0.3, -0.25) is 14.7 Å². The van der Waals surface area contributed by atoms with Crippen LogP contribution in [-0.2, 0) is 11.3 Å². The molecule has 1 atom stereocenters. The van der Waals surface area contributed by atoms with Crippen molar-refractivity contribution in [1.29, 1.82) is 0 Å². The number of nitrogens with zero attached hydrogens (tertiary/aromatic N) is 2. The topological polar surface area (TPSA) is 88.7 Å². The van der Waals surface area contributed by atoms with Crippen LogP contribution in [0.15, 0.2) is 36.5 Å². The van der Waals surface area contributed by atoms with Crippen LogP contribution in [0.1, 0.15) is 48.5 Å². The van der Waals surface area contributed by atoms with Crippen LogP contribution >= 0.6 is 0 Å². The predicted molar refractivity (Wildman–Crippen MR) is 138 cm³/mol. The fourth-order valence-electron chi connectivity index (χ4n) is 5.03. The first-order valence-corrected chi connectivity index (χ1v) is 12.6. The Morgan fingerprint density at radius 2 is 1.90 bits per heavy atom. The minimum Gasteiger partial charge on any atom is -0.497 e. The lowest BCUT2D eigenvalue weighted by molar-refractivity contribution is -0.152. The Labute approximate surface area is 223 Å². The number of pyridine rings is 1. The Kier molecular flexibility index (Phi) is 8.73. The fraction of sp³-hybridized carbons (Fsp3) is 0.379. The number of hydrogen-bond acceptors (Lipinski definition) is 5. The molecule has 39 heavy (non-hydrogen) atoms. The molecule has 0 spiro atoms. The zero-order valence-corrected chi connectivity index (χ0v) is 21.4. The highest BCUT2D eigenvalue weighted by molar-refractivity contribution is 5.85. The van der Waals surface area contributed by atoms with Gasteiger partial charge in [0.1, 0.15) is 11.9 Å². The quantitative estimate of drug-likeness (QED) is 0.233. The Balaban J connectivity index is 1.43. The number of benzene rings is 2. The van der Waals surface area contributed by atoms with Gasteiger partial charge in [-0.15, -0.1) is 0 Å². The van der Waals surface area contributed by atoms with Crippen molar-refractivity contribution >= 4 is 16.9 Å². The number of alkyl halides is 1. The van der Waals surface area contributed by atoms with Gasteiger partial charge in [0.15, 0.2) is 17.5 Å². The van der Waals surface area contributed by atoms with E-state index in [1.807, 2.05) is 4.90 Å². The average Bonchev–Trinajstić information content (AvgIpc) is 2.94. The van der Waals surface area contributed by atoms with Crippen LogP contribution < -0.4 is 10.5 Å². The van der Waals surface area contributed by atoms with Crippen molar-refractivity contribution in [3.63, 3.8) is 0 Å². The lowest BCUT2D eigenvalue weighted by atomic mass is 9.74. The van der Waals surface area contributed by atoms with Crippen LogP contribution in [0.2, 0.25) is 0 Å². The van der Waals surface area contributed by atoms with E-state index in [-0.39, 0.29) is 31.5 Å². The molecule has 0 aliphatic carbocycles. The van der Waals surface area contributed by atoms with Crippen LogP contribution in [0.25, 0.3) is 10.9 Å². The molecule has 1 aliphatic rings. The molecule has 1 saturated heterocycles. The predicted octanol–water partition coefficient (Wildman–Crippen LogP) is 5.13. The third-order valence-electron chi connectivity index (χ3n) is 7.39. The molecule has 0 amide bonds. The first-order chi connectivity index (χ1) is 18.7. The van der Waals surface area contributed by atoms with Gasteiger partial charge >= 0.3 is 5.97 Å². The van der Waals surface area contributed by atoms with Crippen molar-refractivity contribution < 1.29 is 32.2 Å². The van der Waals surface area contributed by atoms with E-state index in [2.05, 4.69) is 16.8 Å². The fourth-order valence-corrected chi connectivity index (χ4v) is 5.03. The summed E-state index contributed by atoms with van der Waals surface area (Å²) < 4.78 is 61.0. The van der Waals surface area contributed by atoms with E-state index in [0.717, 1.165) is 12.1 Å². The largest absolute Gasteiger partial charge is 0.497 e. The summed E-state index contributed by atoms with van der Waals surface area (Å²) in [6.07, 6.45) is 0.832. The van der Waals surface area contributed by atoms with Crippen LogP contribution in [0.5, 0.6) is 5.75 Å². The monoisotopic (exact) mass is 543 g/mol. The van der Waals surface area contributed by atoms with E-state index in [0.29, 0.717) is 53.7 Å². The van der Waals surface area contributed by atoms with Gasteiger partial charge in [0, 0.05) is 42.3 Å². The first-order valence-electron chi connectivity index (χ1n) is 12.6. The van der Waals surface area contributed by atoms with E-state index in [1.54, 1.807) is 24.4 Å². The summed E-state index contributed by atoms with van der Waals surface area (Å²) in [5.41, 5.74) is 6.35. The van der Waals surface area contributed by atoms with Gasteiger partial charge < -0.3 is 15.6 Å². The molecular weight excluding hydrogens is 514 g/mol. The molecule has 0 bridgehead atoms. The summed E-state index contributed by atoms with van der Waals surface area (Å²) in [4.78, 5) is 18.6. The van der Waals surface area contributed by atoms with Gasteiger partial charge in [0.2, 0.25) is 0 Å². The van der Waals surface area contributed by atoms with Crippen molar-refractivity contribution in [2.45, 2.75) is 38.4 Å². The Bertz CT molecular complexity index is 1400. The summed E-state index contributed by atoms with van der Waals surface area (Å²) >= 11 is 0. The number of carboxylic acids is 1. The van der Waals surface area contributed by atoms with Crippen LogP contribution in [0.4, 0.5) is 17.6 Å². The molecule has 2 aromatic carbocycles. The molecule has 2 heterocycles. The van der Waals surface area contributed by atoms with Crippen molar-refractivity contribution in [3.05, 3.63) is 70.7 Å². The summed E-state index contributed by atoms with van der Waals surface area (Å²) in [7, 11) is 1.52. The molecule has 6 nitrogen and oxygen atoms in total. The highest BCUT2D eigenvalue weighted by Crippen LogP contribution is 2.41. The number of hydrogen-bond donors (Lipinski definition) is 2. The van der Waals surface area contributed by atoms with Gasteiger partial charge in [-0.25, -0.2) is 17.6 Å². The second kappa shape index (κ2) is 12.0. The van der Waals surface area contributed by atoms with Crippen LogP contribution in [0.3, 0.4) is 0 Å². The molecule has 0 saturated carbocycles. The highest BCUT2D eigenvalue weighted by Gasteiger charge is 2.41. The first kappa shape index (κ1) is 28.3. The van der Waals surface area contributed by atoms with Crippen molar-refractivity contribution in [2.75, 3.05) is 26.7 Å². The molecule has 206 valence electrons. The number of likely N-dealkylation sites (tertiary alicyclic amines) is 1. The Morgan fingerprint density at radius 1 is 1.21 bits per heavy atom. The van der Waals surface area contributed by atoms with Crippen molar-refractivity contribution in [2.24, 2.45) is 11.1 Å². The summed E-state index contributed by atoms with van der Waals surface area (Å²) in [5, 5.41) is 10.7. The number of aromatic nitrogens is 1. The number of nitrogens with two attached hydrogens (primary N) is 1. The zero-order chi connectivity index (χ0) is 28.2. The zero-order valence-electron chi connectivity index (χ0n) is 21.4. The minimum absolute atomic E-state index is 0.00285. The SMILES string of the molecule is COc1ccc2ncc(CN)c([C@@H](F)CCC3(C(=O)O)CCN(CC#Cc4cc(F)c(F)c(F)c4)CC3)c2c1. The number of aliphatic carboxylic acids is 1. The number of halogens is 4. The van der Waals surface area contributed by atoms with E-state index in [9.17, 15) is 23.1 Å². The number of fused-ring (bicyclic) bond motifs is 1. The summed E-state index contributed by atoms with van der Waals surface area (Å²) in [6.45, 7) is 1.15. The van der Waals surface area contributed by atoms with Gasteiger partial charge in [-0.1, -0.05) is 11.8 Å². The number of ether oxygens (including phenoxy) is 1. The number of carboxylic acid groups (broad SMARTS) is 1. The maximum absolute atomic E-state index is 15.8. The molecule has 4 rings (SSSR count). The molecule has 1 aromatic heterocycles. The average molecular weight is 544 g/mol. The van der Waals surface area contributed by atoms with Gasteiger partial charge in [0.05, 0.1) is 24.6 Å².